The second-order valence-electron chi connectivity index (χ2n) is 7.23. The Kier molecular flexibility index (Phi) is 7.43. The third-order valence-corrected chi connectivity index (χ3v) is 5.67. The fourth-order valence-corrected chi connectivity index (χ4v) is 4.02. The summed E-state index contributed by atoms with van der Waals surface area (Å²) in [5.74, 6) is -0.894. The maximum absolute atomic E-state index is 12.6. The van der Waals surface area contributed by atoms with Gasteiger partial charge >= 0.3 is 12.0 Å². The molecule has 1 aliphatic heterocycles. The molecule has 0 spiro atoms. The molecule has 2 aromatic carbocycles. The maximum atomic E-state index is 12.6. The second-order valence-corrected chi connectivity index (χ2v) is 8.07. The molecule has 2 aromatic rings. The molecule has 0 aliphatic carbocycles. The first-order valence-electron chi connectivity index (χ1n) is 10.00. The fraction of sp³-hybridized carbons (Fsp3) is 0.261. The van der Waals surface area contributed by atoms with Crippen molar-refractivity contribution in [1.82, 2.24) is 10.2 Å². The number of urea groups is 1. The molecule has 1 aliphatic rings. The minimum Gasteiger partial charge on any atom is -0.466 e. The Labute approximate surface area is 196 Å². The van der Waals surface area contributed by atoms with Crippen molar-refractivity contribution < 1.29 is 19.1 Å². The average Bonchev–Trinajstić information content (AvgIpc) is 2.76. The van der Waals surface area contributed by atoms with Gasteiger partial charge in [-0.2, -0.15) is 0 Å². The van der Waals surface area contributed by atoms with Crippen LogP contribution < -0.4 is 10.6 Å². The summed E-state index contributed by atoms with van der Waals surface area (Å²) in [5.41, 5.74) is 2.42. The van der Waals surface area contributed by atoms with E-state index < -0.39 is 12.0 Å². The van der Waals surface area contributed by atoms with E-state index in [1.165, 1.54) is 18.1 Å². The van der Waals surface area contributed by atoms with E-state index in [0.29, 0.717) is 39.7 Å². The molecule has 1 atom stereocenters. The second kappa shape index (κ2) is 10.1. The summed E-state index contributed by atoms with van der Waals surface area (Å²) in [6.07, 6.45) is 0.746. The lowest BCUT2D eigenvalue weighted by atomic mass is 9.94. The van der Waals surface area contributed by atoms with Crippen molar-refractivity contribution in [2.75, 3.05) is 19.0 Å². The van der Waals surface area contributed by atoms with Crippen LogP contribution in [0.15, 0.2) is 53.7 Å². The van der Waals surface area contributed by atoms with Gasteiger partial charge in [-0.3, -0.25) is 9.69 Å². The van der Waals surface area contributed by atoms with E-state index >= 15 is 0 Å². The van der Waals surface area contributed by atoms with Crippen molar-refractivity contribution >= 4 is 46.8 Å². The van der Waals surface area contributed by atoms with Gasteiger partial charge in [0, 0.05) is 23.0 Å². The summed E-state index contributed by atoms with van der Waals surface area (Å²) in [6, 6.07) is 10.5. The molecule has 32 heavy (non-hydrogen) atoms. The van der Waals surface area contributed by atoms with Crippen molar-refractivity contribution in [1.29, 1.82) is 0 Å². The van der Waals surface area contributed by atoms with Crippen LogP contribution in [0.25, 0.3) is 0 Å². The summed E-state index contributed by atoms with van der Waals surface area (Å²) < 4.78 is 4.96. The molecular weight excluding hydrogens is 453 g/mol. The van der Waals surface area contributed by atoms with Crippen LogP contribution in [0.4, 0.5) is 10.5 Å². The van der Waals surface area contributed by atoms with Crippen molar-refractivity contribution in [2.45, 2.75) is 26.3 Å². The highest BCUT2D eigenvalue weighted by Gasteiger charge is 2.35. The quantitative estimate of drug-likeness (QED) is 0.564. The topological polar surface area (TPSA) is 87.7 Å². The molecule has 1 heterocycles. The minimum atomic E-state index is -0.668. The summed E-state index contributed by atoms with van der Waals surface area (Å²) in [5, 5.41) is 6.33. The molecule has 0 radical (unpaired) electrons. The Hall–Kier alpha value is -3.03. The molecule has 9 heteroatoms. The molecule has 0 fully saturated rings. The largest absolute Gasteiger partial charge is 0.466 e. The summed E-state index contributed by atoms with van der Waals surface area (Å²) in [4.78, 5) is 39.2. The number of allylic oxidation sites excluding steroid dienone is 1. The molecule has 0 aromatic heterocycles. The zero-order valence-electron chi connectivity index (χ0n) is 17.9. The van der Waals surface area contributed by atoms with Gasteiger partial charge in [-0.15, -0.1) is 0 Å². The standard InChI is InChI=1S/C23H23Cl2N3O4/c1-4-11-28-13(2)19(22(30)32-3)20(27-23(28)31)14-5-8-16(9-6-14)26-21(29)17-10-7-15(24)12-18(17)25/h5-10,12,20H,4,11H2,1-3H3,(H,26,29)(H,27,31). The number of rotatable bonds is 6. The number of benzene rings is 2. The van der Waals surface area contributed by atoms with Crippen molar-refractivity contribution in [2.24, 2.45) is 0 Å². The highest BCUT2D eigenvalue weighted by Crippen LogP contribution is 2.32. The molecule has 0 saturated carbocycles. The van der Waals surface area contributed by atoms with E-state index in [-0.39, 0.29) is 17.0 Å². The lowest BCUT2D eigenvalue weighted by molar-refractivity contribution is -0.136. The van der Waals surface area contributed by atoms with Crippen LogP contribution in [-0.4, -0.2) is 36.5 Å². The Morgan fingerprint density at radius 3 is 2.44 bits per heavy atom. The molecule has 2 N–H and O–H groups in total. The van der Waals surface area contributed by atoms with Crippen molar-refractivity contribution in [3.05, 3.63) is 74.9 Å². The number of carbonyl (C=O) groups is 3. The van der Waals surface area contributed by atoms with Crippen LogP contribution in [0.5, 0.6) is 0 Å². The van der Waals surface area contributed by atoms with Gasteiger partial charge in [0.2, 0.25) is 0 Å². The van der Waals surface area contributed by atoms with Gasteiger partial charge in [0.25, 0.3) is 5.91 Å². The molecule has 0 saturated heterocycles. The number of nitrogens with one attached hydrogen (secondary N) is 2. The van der Waals surface area contributed by atoms with Crippen molar-refractivity contribution in [3.8, 4) is 0 Å². The van der Waals surface area contributed by atoms with E-state index in [1.54, 1.807) is 43.3 Å². The Bertz CT molecular complexity index is 1080. The third kappa shape index (κ3) is 4.89. The highest BCUT2D eigenvalue weighted by atomic mass is 35.5. The molecule has 168 valence electrons. The number of amides is 3. The Morgan fingerprint density at radius 2 is 1.84 bits per heavy atom. The van der Waals surface area contributed by atoms with Crippen LogP contribution in [0.1, 0.15) is 42.2 Å². The number of hydrogen-bond donors (Lipinski definition) is 2. The predicted octanol–water partition coefficient (Wildman–Crippen LogP) is 5.17. The first-order chi connectivity index (χ1) is 15.3. The number of esters is 1. The smallest absolute Gasteiger partial charge is 0.337 e. The average molecular weight is 476 g/mol. The highest BCUT2D eigenvalue weighted by molar-refractivity contribution is 6.37. The molecule has 0 bridgehead atoms. The van der Waals surface area contributed by atoms with Gasteiger partial charge in [0.05, 0.1) is 29.3 Å². The van der Waals surface area contributed by atoms with Crippen LogP contribution in [-0.2, 0) is 9.53 Å². The molecule has 7 nitrogen and oxygen atoms in total. The van der Waals surface area contributed by atoms with Crippen LogP contribution in [0.3, 0.4) is 0 Å². The summed E-state index contributed by atoms with van der Waals surface area (Å²) >= 11 is 12.0. The molecule has 3 rings (SSSR count). The van der Waals surface area contributed by atoms with E-state index in [9.17, 15) is 14.4 Å². The van der Waals surface area contributed by atoms with Crippen LogP contribution in [0.2, 0.25) is 10.0 Å². The number of anilines is 1. The number of nitrogens with zero attached hydrogens (tertiary/aromatic N) is 1. The van der Waals surface area contributed by atoms with E-state index in [4.69, 9.17) is 27.9 Å². The molecule has 3 amide bonds. The van der Waals surface area contributed by atoms with Gasteiger partial charge in [-0.05, 0) is 49.2 Å². The number of methoxy groups -OCH3 is 1. The van der Waals surface area contributed by atoms with Gasteiger partial charge in [0.1, 0.15) is 0 Å². The van der Waals surface area contributed by atoms with Gasteiger partial charge in [-0.25, -0.2) is 9.59 Å². The SMILES string of the molecule is CCCN1C(=O)NC(c2ccc(NC(=O)c3ccc(Cl)cc3Cl)cc2)C(C(=O)OC)=C1C. The zero-order chi connectivity index (χ0) is 23.4. The third-order valence-electron chi connectivity index (χ3n) is 5.13. The van der Waals surface area contributed by atoms with Crippen molar-refractivity contribution in [3.63, 3.8) is 0 Å². The minimum absolute atomic E-state index is 0.247. The maximum Gasteiger partial charge on any atom is 0.337 e. The number of carbonyl (C=O) groups excluding carboxylic acids is 3. The van der Waals surface area contributed by atoms with Gasteiger partial charge in [-0.1, -0.05) is 42.3 Å². The monoisotopic (exact) mass is 475 g/mol. The first kappa shape index (κ1) is 23.6. The van der Waals surface area contributed by atoms with Gasteiger partial charge in [0.15, 0.2) is 0 Å². The normalized spacial score (nSPS) is 16.0. The summed E-state index contributed by atoms with van der Waals surface area (Å²) in [6.45, 7) is 4.18. The lowest BCUT2D eigenvalue weighted by Gasteiger charge is -2.35. The number of hydrogen-bond acceptors (Lipinski definition) is 4. The Balaban J connectivity index is 1.86. The fourth-order valence-electron chi connectivity index (χ4n) is 3.53. The zero-order valence-corrected chi connectivity index (χ0v) is 19.4. The van der Waals surface area contributed by atoms with Crippen LogP contribution in [0, 0.1) is 0 Å². The van der Waals surface area contributed by atoms with Gasteiger partial charge < -0.3 is 15.4 Å². The predicted molar refractivity (Wildman–Crippen MR) is 124 cm³/mol. The summed E-state index contributed by atoms with van der Waals surface area (Å²) in [7, 11) is 1.31. The number of ether oxygens (including phenoxy) is 1. The van der Waals surface area contributed by atoms with E-state index in [1.807, 2.05) is 6.92 Å². The Morgan fingerprint density at radius 1 is 1.16 bits per heavy atom. The van der Waals surface area contributed by atoms with Crippen LogP contribution >= 0.6 is 23.2 Å². The first-order valence-corrected chi connectivity index (χ1v) is 10.8. The lowest BCUT2D eigenvalue weighted by Crippen LogP contribution is -2.48. The molecule has 1 unspecified atom stereocenters. The number of halogens is 2. The van der Waals surface area contributed by atoms with E-state index in [2.05, 4.69) is 10.6 Å². The van der Waals surface area contributed by atoms with E-state index in [0.717, 1.165) is 6.42 Å². The molecular formula is C23H23Cl2N3O4.